The molecule has 0 spiro atoms. The van der Waals surface area contributed by atoms with Crippen molar-refractivity contribution < 1.29 is 4.74 Å². The predicted molar refractivity (Wildman–Crippen MR) is 80.9 cm³/mol. The van der Waals surface area contributed by atoms with Gasteiger partial charge >= 0.3 is 0 Å². The van der Waals surface area contributed by atoms with E-state index in [4.69, 9.17) is 15.5 Å². The number of hydrogen-bond donors (Lipinski definition) is 1. The molecule has 3 rings (SSSR count). The summed E-state index contributed by atoms with van der Waals surface area (Å²) < 4.78 is 7.66. The van der Waals surface area contributed by atoms with Gasteiger partial charge in [0.2, 0.25) is 0 Å². The summed E-state index contributed by atoms with van der Waals surface area (Å²) in [5, 5.41) is 0. The molecule has 2 aromatic rings. The van der Waals surface area contributed by atoms with E-state index in [1.807, 2.05) is 24.3 Å². The maximum absolute atomic E-state index is 6.38. The Balaban J connectivity index is 2.11. The Morgan fingerprint density at radius 2 is 2.10 bits per heavy atom. The minimum Gasteiger partial charge on any atom is -0.496 e. The number of hydrogen-bond acceptors (Lipinski definition) is 3. The van der Waals surface area contributed by atoms with E-state index in [-0.39, 0.29) is 0 Å². The summed E-state index contributed by atoms with van der Waals surface area (Å²) in [6.45, 7) is 2.17. The number of rotatable bonds is 5. The molecule has 1 aromatic heterocycles. The van der Waals surface area contributed by atoms with E-state index in [1.165, 1.54) is 12.8 Å². The molecule has 106 valence electrons. The van der Waals surface area contributed by atoms with Crippen molar-refractivity contribution in [2.75, 3.05) is 12.8 Å². The van der Waals surface area contributed by atoms with Crippen molar-refractivity contribution in [1.29, 1.82) is 0 Å². The van der Waals surface area contributed by atoms with E-state index in [1.54, 1.807) is 7.11 Å². The zero-order chi connectivity index (χ0) is 14.1. The van der Waals surface area contributed by atoms with Crippen LogP contribution in [0.25, 0.3) is 11.3 Å². The van der Waals surface area contributed by atoms with Crippen molar-refractivity contribution in [3.05, 3.63) is 30.1 Å². The van der Waals surface area contributed by atoms with Gasteiger partial charge in [0.15, 0.2) is 0 Å². The quantitative estimate of drug-likeness (QED) is 0.906. The van der Waals surface area contributed by atoms with Crippen LogP contribution in [0.1, 0.15) is 38.1 Å². The molecule has 0 saturated heterocycles. The number of aryl methyl sites for hydroxylation is 1. The van der Waals surface area contributed by atoms with Crippen LogP contribution in [-0.2, 0) is 6.42 Å². The van der Waals surface area contributed by atoms with Crippen LogP contribution in [0.4, 0.5) is 5.82 Å². The van der Waals surface area contributed by atoms with Crippen LogP contribution in [0.2, 0.25) is 0 Å². The summed E-state index contributed by atoms with van der Waals surface area (Å²) >= 11 is 0. The Bertz CT molecular complexity index is 614. The lowest BCUT2D eigenvalue weighted by molar-refractivity contribution is 0.416. The summed E-state index contributed by atoms with van der Waals surface area (Å²) in [7, 11) is 1.68. The average Bonchev–Trinajstić information content (AvgIpc) is 3.24. The van der Waals surface area contributed by atoms with Crippen molar-refractivity contribution in [3.8, 4) is 17.0 Å². The number of nitrogens with two attached hydrogens (primary N) is 1. The fourth-order valence-corrected chi connectivity index (χ4v) is 2.67. The molecule has 0 radical (unpaired) electrons. The molecule has 0 atom stereocenters. The van der Waals surface area contributed by atoms with Gasteiger partial charge in [0, 0.05) is 18.0 Å². The van der Waals surface area contributed by atoms with Gasteiger partial charge < -0.3 is 15.0 Å². The monoisotopic (exact) mass is 271 g/mol. The summed E-state index contributed by atoms with van der Waals surface area (Å²) in [6, 6.07) is 8.47. The number of anilines is 1. The average molecular weight is 271 g/mol. The van der Waals surface area contributed by atoms with E-state index in [0.29, 0.717) is 6.04 Å². The van der Waals surface area contributed by atoms with E-state index in [9.17, 15) is 0 Å². The van der Waals surface area contributed by atoms with Crippen molar-refractivity contribution in [2.24, 2.45) is 0 Å². The molecule has 1 fully saturated rings. The Morgan fingerprint density at radius 1 is 1.35 bits per heavy atom. The first-order chi connectivity index (χ1) is 9.76. The smallest absolute Gasteiger partial charge is 0.132 e. The fraction of sp³-hybridized carbons (Fsp3) is 0.438. The van der Waals surface area contributed by atoms with E-state index < -0.39 is 0 Å². The van der Waals surface area contributed by atoms with Gasteiger partial charge in [0.25, 0.3) is 0 Å². The Kier molecular flexibility index (Phi) is 3.38. The summed E-state index contributed by atoms with van der Waals surface area (Å²) in [4.78, 5) is 4.80. The topological polar surface area (TPSA) is 53.1 Å². The van der Waals surface area contributed by atoms with Gasteiger partial charge in [-0.15, -0.1) is 0 Å². The van der Waals surface area contributed by atoms with Gasteiger partial charge in [-0.25, -0.2) is 4.98 Å². The lowest BCUT2D eigenvalue weighted by atomic mass is 10.1. The van der Waals surface area contributed by atoms with Gasteiger partial charge in [-0.3, -0.25) is 0 Å². The number of ether oxygens (including phenoxy) is 1. The number of aromatic nitrogens is 2. The van der Waals surface area contributed by atoms with Crippen LogP contribution in [0.15, 0.2) is 24.3 Å². The molecule has 0 aliphatic heterocycles. The Hall–Kier alpha value is -1.97. The third kappa shape index (κ3) is 2.15. The summed E-state index contributed by atoms with van der Waals surface area (Å²) in [5.41, 5.74) is 8.21. The van der Waals surface area contributed by atoms with Gasteiger partial charge in [-0.1, -0.05) is 19.1 Å². The number of imidazole rings is 1. The predicted octanol–water partition coefficient (Wildman–Crippen LogP) is 3.43. The fourth-order valence-electron chi connectivity index (χ4n) is 2.67. The molecule has 20 heavy (non-hydrogen) atoms. The van der Waals surface area contributed by atoms with Crippen LogP contribution >= 0.6 is 0 Å². The highest BCUT2D eigenvalue weighted by Gasteiger charge is 2.30. The first kappa shape index (κ1) is 13.0. The number of nitrogen functional groups attached to an aromatic ring is 1. The van der Waals surface area contributed by atoms with Crippen LogP contribution < -0.4 is 10.5 Å². The van der Waals surface area contributed by atoms with E-state index in [2.05, 4.69) is 11.5 Å². The standard InChI is InChI=1S/C16H21N3O/c1-3-6-14-18-15(16(17)19(14)11-9-10-11)12-7-4-5-8-13(12)20-2/h4-5,7-8,11H,3,6,9-10,17H2,1-2H3. The molecule has 0 bridgehead atoms. The molecule has 4 nitrogen and oxygen atoms in total. The number of benzene rings is 1. The molecule has 0 amide bonds. The SMILES string of the molecule is CCCc1nc(-c2ccccc2OC)c(N)n1C1CC1. The lowest BCUT2D eigenvalue weighted by Crippen LogP contribution is -2.05. The largest absolute Gasteiger partial charge is 0.496 e. The van der Waals surface area contributed by atoms with Crippen LogP contribution in [-0.4, -0.2) is 16.7 Å². The molecule has 1 saturated carbocycles. The van der Waals surface area contributed by atoms with Crippen LogP contribution in [0, 0.1) is 0 Å². The maximum atomic E-state index is 6.38. The molecular weight excluding hydrogens is 250 g/mol. The van der Waals surface area contributed by atoms with E-state index in [0.717, 1.165) is 41.5 Å². The van der Waals surface area contributed by atoms with Gasteiger partial charge in [0.05, 0.1) is 7.11 Å². The molecule has 2 N–H and O–H groups in total. The van der Waals surface area contributed by atoms with Crippen LogP contribution in [0.3, 0.4) is 0 Å². The van der Waals surface area contributed by atoms with Crippen LogP contribution in [0.5, 0.6) is 5.75 Å². The molecule has 1 aliphatic carbocycles. The van der Waals surface area contributed by atoms with Gasteiger partial charge in [-0.2, -0.15) is 0 Å². The first-order valence-electron chi connectivity index (χ1n) is 7.26. The summed E-state index contributed by atoms with van der Waals surface area (Å²) in [5.74, 6) is 2.71. The normalized spacial score (nSPS) is 14.5. The van der Waals surface area contributed by atoms with Crippen molar-refractivity contribution >= 4 is 5.82 Å². The zero-order valence-electron chi connectivity index (χ0n) is 12.1. The third-order valence-corrected chi connectivity index (χ3v) is 3.77. The highest BCUT2D eigenvalue weighted by molar-refractivity contribution is 5.76. The molecule has 1 aromatic carbocycles. The number of para-hydroxylation sites is 1. The molecular formula is C16H21N3O. The molecule has 0 unspecified atom stereocenters. The minimum absolute atomic E-state index is 0.549. The van der Waals surface area contributed by atoms with Crippen molar-refractivity contribution in [3.63, 3.8) is 0 Å². The summed E-state index contributed by atoms with van der Waals surface area (Å²) in [6.07, 6.45) is 4.47. The van der Waals surface area contributed by atoms with Gasteiger partial charge in [-0.05, 0) is 31.4 Å². The molecule has 4 heteroatoms. The minimum atomic E-state index is 0.549. The third-order valence-electron chi connectivity index (χ3n) is 3.77. The maximum Gasteiger partial charge on any atom is 0.132 e. The van der Waals surface area contributed by atoms with Gasteiger partial charge in [0.1, 0.15) is 23.1 Å². The molecule has 1 heterocycles. The second kappa shape index (κ2) is 5.19. The highest BCUT2D eigenvalue weighted by atomic mass is 16.5. The van der Waals surface area contributed by atoms with Crippen molar-refractivity contribution in [1.82, 2.24) is 9.55 Å². The lowest BCUT2D eigenvalue weighted by Gasteiger charge is -2.08. The zero-order valence-corrected chi connectivity index (χ0v) is 12.1. The van der Waals surface area contributed by atoms with Crippen molar-refractivity contribution in [2.45, 2.75) is 38.6 Å². The molecule has 1 aliphatic rings. The Labute approximate surface area is 119 Å². The second-order valence-corrected chi connectivity index (χ2v) is 5.31. The van der Waals surface area contributed by atoms with E-state index >= 15 is 0 Å². The number of nitrogens with zero attached hydrogens (tertiary/aromatic N) is 2. The second-order valence-electron chi connectivity index (χ2n) is 5.31. The number of methoxy groups -OCH3 is 1. The first-order valence-corrected chi connectivity index (χ1v) is 7.26. The Morgan fingerprint density at radius 3 is 2.75 bits per heavy atom. The highest BCUT2D eigenvalue weighted by Crippen LogP contribution is 2.42.